The molecule has 1 aliphatic rings. The second-order valence-corrected chi connectivity index (χ2v) is 9.70. The van der Waals surface area contributed by atoms with E-state index in [0.29, 0.717) is 24.5 Å². The summed E-state index contributed by atoms with van der Waals surface area (Å²) in [5.41, 5.74) is 2.12. The molecule has 1 saturated heterocycles. The summed E-state index contributed by atoms with van der Waals surface area (Å²) >= 11 is 0. The third-order valence-electron chi connectivity index (χ3n) is 5.58. The molecule has 0 saturated carbocycles. The van der Waals surface area contributed by atoms with Crippen molar-refractivity contribution in [3.63, 3.8) is 0 Å². The van der Waals surface area contributed by atoms with Crippen LogP contribution in [0.3, 0.4) is 0 Å². The zero-order valence-electron chi connectivity index (χ0n) is 19.0. The van der Waals surface area contributed by atoms with Crippen LogP contribution in [0.2, 0.25) is 0 Å². The van der Waals surface area contributed by atoms with Gasteiger partial charge in [0, 0.05) is 26.2 Å². The maximum absolute atomic E-state index is 13.0. The van der Waals surface area contributed by atoms with E-state index in [1.807, 2.05) is 31.2 Å². The van der Waals surface area contributed by atoms with Crippen molar-refractivity contribution in [3.05, 3.63) is 53.6 Å². The molecule has 8 heteroatoms. The lowest BCUT2D eigenvalue weighted by atomic mass is 10.1. The summed E-state index contributed by atoms with van der Waals surface area (Å²) in [4.78, 5) is 15.2. The van der Waals surface area contributed by atoms with Crippen molar-refractivity contribution in [2.24, 2.45) is 0 Å². The Morgan fingerprint density at radius 2 is 1.66 bits per heavy atom. The van der Waals surface area contributed by atoms with Gasteiger partial charge in [0.05, 0.1) is 16.1 Å². The van der Waals surface area contributed by atoms with E-state index in [0.717, 1.165) is 31.5 Å². The van der Waals surface area contributed by atoms with Crippen molar-refractivity contribution < 1.29 is 22.7 Å². The van der Waals surface area contributed by atoms with Gasteiger partial charge in [-0.25, -0.2) is 13.2 Å². The average molecular weight is 461 g/mol. The van der Waals surface area contributed by atoms with E-state index in [2.05, 4.69) is 4.90 Å². The number of carbonyl (C=O) groups excluding carboxylic acids is 1. The zero-order valence-corrected chi connectivity index (χ0v) is 19.9. The molecule has 1 heterocycles. The maximum atomic E-state index is 13.0. The van der Waals surface area contributed by atoms with E-state index in [1.54, 1.807) is 26.0 Å². The average Bonchev–Trinajstić information content (AvgIpc) is 3.33. The Hall–Kier alpha value is -2.58. The highest BCUT2D eigenvalue weighted by Crippen LogP contribution is 2.29. The highest BCUT2D eigenvalue weighted by molar-refractivity contribution is 7.89. The quantitative estimate of drug-likeness (QED) is 0.396. The van der Waals surface area contributed by atoms with E-state index in [9.17, 15) is 13.2 Å². The smallest absolute Gasteiger partial charge is 0.340 e. The third-order valence-corrected chi connectivity index (χ3v) is 7.63. The molecule has 1 fully saturated rings. The molecule has 0 radical (unpaired) electrons. The number of carbonyl (C=O) groups is 1. The SMILES string of the molecule is CCN(CC)S(=O)(=O)c1ccc(N2CCCC2)c(C(=O)OCCOc2ccc(C)cc2)c1. The zero-order chi connectivity index (χ0) is 23.1. The molecule has 0 spiro atoms. The van der Waals surface area contributed by atoms with Gasteiger partial charge < -0.3 is 14.4 Å². The maximum Gasteiger partial charge on any atom is 0.340 e. The summed E-state index contributed by atoms with van der Waals surface area (Å²) in [6, 6.07) is 12.4. The summed E-state index contributed by atoms with van der Waals surface area (Å²) in [5.74, 6) is 0.160. The summed E-state index contributed by atoms with van der Waals surface area (Å²) in [6.45, 7) is 8.26. The third kappa shape index (κ3) is 5.61. The first-order chi connectivity index (χ1) is 15.4. The number of anilines is 1. The Labute approximate surface area is 191 Å². The van der Waals surface area contributed by atoms with Crippen LogP contribution in [0.15, 0.2) is 47.4 Å². The van der Waals surface area contributed by atoms with Gasteiger partial charge in [-0.1, -0.05) is 31.5 Å². The highest BCUT2D eigenvalue weighted by atomic mass is 32.2. The fourth-order valence-corrected chi connectivity index (χ4v) is 5.28. The van der Waals surface area contributed by atoms with Crippen molar-refractivity contribution in [2.75, 3.05) is 44.3 Å². The predicted molar refractivity (Wildman–Crippen MR) is 125 cm³/mol. The largest absolute Gasteiger partial charge is 0.490 e. The summed E-state index contributed by atoms with van der Waals surface area (Å²) in [7, 11) is -3.68. The van der Waals surface area contributed by atoms with Crippen molar-refractivity contribution >= 4 is 21.7 Å². The molecule has 0 amide bonds. The molecule has 174 valence electrons. The van der Waals surface area contributed by atoms with Crippen molar-refractivity contribution in [2.45, 2.75) is 38.5 Å². The van der Waals surface area contributed by atoms with Crippen LogP contribution < -0.4 is 9.64 Å². The normalized spacial score (nSPS) is 14.1. The summed E-state index contributed by atoms with van der Waals surface area (Å²) < 4.78 is 38.4. The van der Waals surface area contributed by atoms with Gasteiger partial charge in [-0.2, -0.15) is 4.31 Å². The van der Waals surface area contributed by atoms with Crippen molar-refractivity contribution in [1.29, 1.82) is 0 Å². The summed E-state index contributed by atoms with van der Waals surface area (Å²) in [6.07, 6.45) is 2.08. The molecular formula is C24H32N2O5S. The molecule has 32 heavy (non-hydrogen) atoms. The van der Waals surface area contributed by atoms with E-state index in [4.69, 9.17) is 9.47 Å². The number of hydrogen-bond acceptors (Lipinski definition) is 6. The molecule has 2 aromatic rings. The Morgan fingerprint density at radius 1 is 1.00 bits per heavy atom. The van der Waals surface area contributed by atoms with Gasteiger partial charge in [0.15, 0.2) is 0 Å². The van der Waals surface area contributed by atoms with Crippen LogP contribution in [-0.2, 0) is 14.8 Å². The Bertz CT molecular complexity index is 1010. The second kappa shape index (κ2) is 10.8. The number of nitrogens with zero attached hydrogens (tertiary/aromatic N) is 2. The lowest BCUT2D eigenvalue weighted by molar-refractivity contribution is 0.0451. The molecule has 1 aliphatic heterocycles. The first kappa shape index (κ1) is 24.1. The standard InChI is InChI=1S/C24H32N2O5S/c1-4-26(5-2)32(28,29)21-12-13-23(25-14-6-7-15-25)22(18-21)24(27)31-17-16-30-20-10-8-19(3)9-11-20/h8-13,18H,4-7,14-17H2,1-3H3. The van der Waals surface area contributed by atoms with Crippen molar-refractivity contribution in [3.8, 4) is 5.75 Å². The highest BCUT2D eigenvalue weighted by Gasteiger charge is 2.27. The van der Waals surface area contributed by atoms with Crippen molar-refractivity contribution in [1.82, 2.24) is 4.31 Å². The molecule has 2 aromatic carbocycles. The Balaban J connectivity index is 1.76. The van der Waals surface area contributed by atoms with Crippen LogP contribution in [0.25, 0.3) is 0 Å². The molecule has 3 rings (SSSR count). The summed E-state index contributed by atoms with van der Waals surface area (Å²) in [5, 5.41) is 0. The number of aryl methyl sites for hydroxylation is 1. The Morgan fingerprint density at radius 3 is 2.28 bits per heavy atom. The van der Waals surface area contributed by atoms with Gasteiger partial charge in [-0.05, 0) is 50.1 Å². The minimum Gasteiger partial charge on any atom is -0.490 e. The Kier molecular flexibility index (Phi) is 8.15. The minimum atomic E-state index is -3.68. The van der Waals surface area contributed by atoms with Gasteiger partial charge in [0.2, 0.25) is 10.0 Å². The van der Waals surface area contributed by atoms with Crippen LogP contribution in [0.5, 0.6) is 5.75 Å². The number of hydrogen-bond donors (Lipinski definition) is 0. The molecule has 0 atom stereocenters. The monoisotopic (exact) mass is 460 g/mol. The molecule has 0 aliphatic carbocycles. The van der Waals surface area contributed by atoms with Gasteiger partial charge in [0.25, 0.3) is 0 Å². The predicted octanol–water partition coefficient (Wildman–Crippen LogP) is 3.86. The lowest BCUT2D eigenvalue weighted by Crippen LogP contribution is -2.31. The minimum absolute atomic E-state index is 0.0686. The van der Waals surface area contributed by atoms with Crippen LogP contribution in [0.4, 0.5) is 5.69 Å². The molecule has 0 aromatic heterocycles. The van der Waals surface area contributed by atoms with E-state index < -0.39 is 16.0 Å². The second-order valence-electron chi connectivity index (χ2n) is 7.76. The lowest BCUT2D eigenvalue weighted by Gasteiger charge is -2.23. The number of esters is 1. The fourth-order valence-electron chi connectivity index (χ4n) is 3.79. The molecule has 0 bridgehead atoms. The van der Waals surface area contributed by atoms with E-state index >= 15 is 0 Å². The van der Waals surface area contributed by atoms with Crippen LogP contribution in [0, 0.1) is 6.92 Å². The van der Waals surface area contributed by atoms with Crippen LogP contribution >= 0.6 is 0 Å². The van der Waals surface area contributed by atoms with E-state index in [-0.39, 0.29) is 23.7 Å². The van der Waals surface area contributed by atoms with Crippen LogP contribution in [0.1, 0.15) is 42.6 Å². The topological polar surface area (TPSA) is 76.2 Å². The molecule has 7 nitrogen and oxygen atoms in total. The molecular weight excluding hydrogens is 428 g/mol. The first-order valence-electron chi connectivity index (χ1n) is 11.1. The van der Waals surface area contributed by atoms with Gasteiger partial charge in [-0.15, -0.1) is 0 Å². The van der Waals surface area contributed by atoms with Crippen LogP contribution in [-0.4, -0.2) is 58.1 Å². The first-order valence-corrected chi connectivity index (χ1v) is 12.6. The number of ether oxygens (including phenoxy) is 2. The van der Waals surface area contributed by atoms with Gasteiger partial charge in [0.1, 0.15) is 19.0 Å². The molecule has 0 N–H and O–H groups in total. The number of benzene rings is 2. The molecule has 0 unspecified atom stereocenters. The van der Waals surface area contributed by atoms with Gasteiger partial charge >= 0.3 is 5.97 Å². The number of rotatable bonds is 10. The number of sulfonamides is 1. The van der Waals surface area contributed by atoms with Gasteiger partial charge in [-0.3, -0.25) is 0 Å². The fraction of sp³-hybridized carbons (Fsp3) is 0.458. The van der Waals surface area contributed by atoms with E-state index in [1.165, 1.54) is 10.4 Å².